The Balaban J connectivity index is 1.46. The van der Waals surface area contributed by atoms with E-state index in [9.17, 15) is 18.8 Å². The number of fused-ring (bicyclic) bond motifs is 1. The van der Waals surface area contributed by atoms with Crippen LogP contribution in [0.4, 0.5) is 9.18 Å². The zero-order chi connectivity index (χ0) is 36.2. The molecule has 3 heterocycles. The van der Waals surface area contributed by atoms with Crippen molar-refractivity contribution in [2.45, 2.75) is 65.5 Å². The lowest BCUT2D eigenvalue weighted by atomic mass is 9.86. The Labute approximate surface area is 294 Å². The number of benzene rings is 2. The average molecular weight is 707 g/mol. The lowest BCUT2D eigenvalue weighted by molar-refractivity contribution is -0.137. The molecule has 13 heteroatoms. The monoisotopic (exact) mass is 706 g/mol. The number of carboxylic acid groups (broad SMARTS) is 1. The summed E-state index contributed by atoms with van der Waals surface area (Å²) >= 11 is 6.37. The number of ether oxygens (including phenoxy) is 3. The predicted octanol–water partition coefficient (Wildman–Crippen LogP) is 6.94. The minimum absolute atomic E-state index is 0.0652. The molecule has 1 amide bonds. The molecule has 1 atom stereocenters. The number of rotatable bonds is 11. The maximum Gasteiger partial charge on any atom is 0.437 e. The summed E-state index contributed by atoms with van der Waals surface area (Å²) in [6, 6.07) is 11.9. The lowest BCUT2D eigenvalue weighted by Gasteiger charge is -2.27. The zero-order valence-corrected chi connectivity index (χ0v) is 29.4. The number of Topliss-reactive ketones (excluding diaryl/α,β-unsaturated/α-hetero) is 1. The number of aliphatic carboxylic acids is 1. The summed E-state index contributed by atoms with van der Waals surface area (Å²) < 4.78 is 35.1. The topological polar surface area (TPSA) is 134 Å². The summed E-state index contributed by atoms with van der Waals surface area (Å²) in [4.78, 5) is 45.8. The molecule has 0 radical (unpaired) electrons. The van der Waals surface area contributed by atoms with E-state index in [1.54, 1.807) is 80.5 Å². The molecule has 11 nitrogen and oxygen atoms in total. The van der Waals surface area contributed by atoms with Gasteiger partial charge in [0.25, 0.3) is 0 Å². The molecule has 0 fully saturated rings. The predicted molar refractivity (Wildman–Crippen MR) is 184 cm³/mol. The van der Waals surface area contributed by atoms with Gasteiger partial charge in [-0.1, -0.05) is 17.7 Å². The fraction of sp³-hybridized carbons (Fsp3) is 0.378. The molecule has 0 saturated carbocycles. The molecule has 264 valence electrons. The fourth-order valence-corrected chi connectivity index (χ4v) is 5.91. The van der Waals surface area contributed by atoms with Gasteiger partial charge in [0.1, 0.15) is 17.1 Å². The van der Waals surface area contributed by atoms with Crippen LogP contribution in [0.1, 0.15) is 67.2 Å². The van der Waals surface area contributed by atoms with Crippen LogP contribution in [0.3, 0.4) is 0 Å². The van der Waals surface area contributed by atoms with Gasteiger partial charge in [-0.05, 0) is 94.5 Å². The first-order valence-corrected chi connectivity index (χ1v) is 16.7. The third-order valence-electron chi connectivity index (χ3n) is 8.06. The van der Waals surface area contributed by atoms with Gasteiger partial charge >= 0.3 is 12.1 Å². The smallest absolute Gasteiger partial charge is 0.437 e. The number of amides is 1. The highest BCUT2D eigenvalue weighted by Crippen LogP contribution is 2.40. The van der Waals surface area contributed by atoms with Gasteiger partial charge < -0.3 is 28.5 Å². The Bertz CT molecular complexity index is 2000. The highest BCUT2D eigenvalue weighted by Gasteiger charge is 2.32. The highest BCUT2D eigenvalue weighted by atomic mass is 35.5. The second-order valence-corrected chi connectivity index (χ2v) is 13.7. The summed E-state index contributed by atoms with van der Waals surface area (Å²) in [6.07, 6.45) is 4.28. The number of hydrogen-bond donors (Lipinski definition) is 1. The second kappa shape index (κ2) is 15.3. The summed E-state index contributed by atoms with van der Waals surface area (Å²) in [7, 11) is 1.76. The summed E-state index contributed by atoms with van der Waals surface area (Å²) in [5.74, 6) is -1.26. The molecule has 1 aliphatic heterocycles. The van der Waals surface area contributed by atoms with Crippen LogP contribution in [0.5, 0.6) is 11.5 Å². The molecular formula is C37H40ClFN4O7. The Morgan fingerprint density at radius 1 is 1.08 bits per heavy atom. The van der Waals surface area contributed by atoms with Gasteiger partial charge in [0.2, 0.25) is 11.6 Å². The van der Waals surface area contributed by atoms with Crippen LogP contribution < -0.4 is 15.1 Å². The number of aryl methyl sites for hydroxylation is 2. The molecule has 1 aliphatic rings. The Morgan fingerprint density at radius 2 is 1.84 bits per heavy atom. The lowest BCUT2D eigenvalue weighted by Crippen LogP contribution is -2.31. The molecule has 5 rings (SSSR count). The van der Waals surface area contributed by atoms with Crippen LogP contribution >= 0.6 is 11.6 Å². The number of carbonyl (C=O) groups is 3. The molecule has 0 saturated heterocycles. The van der Waals surface area contributed by atoms with E-state index in [2.05, 4.69) is 9.98 Å². The molecule has 1 unspecified atom stereocenters. The first kappa shape index (κ1) is 36.3. The second-order valence-electron chi connectivity index (χ2n) is 13.3. The molecule has 0 bridgehead atoms. The largest absolute Gasteiger partial charge is 0.492 e. The average Bonchev–Trinajstić information content (AvgIpc) is 3.36. The van der Waals surface area contributed by atoms with Crippen molar-refractivity contribution in [3.8, 4) is 22.6 Å². The number of aromatic nitrogens is 3. The third-order valence-corrected chi connectivity index (χ3v) is 8.37. The maximum atomic E-state index is 14.2. The first-order chi connectivity index (χ1) is 23.7. The van der Waals surface area contributed by atoms with E-state index in [0.717, 1.165) is 11.1 Å². The highest BCUT2D eigenvalue weighted by molar-refractivity contribution is 6.32. The van der Waals surface area contributed by atoms with Gasteiger partial charge in [0.05, 0.1) is 36.3 Å². The van der Waals surface area contributed by atoms with Gasteiger partial charge in [0, 0.05) is 42.7 Å². The van der Waals surface area contributed by atoms with Crippen molar-refractivity contribution in [3.05, 3.63) is 93.8 Å². The summed E-state index contributed by atoms with van der Waals surface area (Å²) in [5.41, 5.74) is 3.21. The molecule has 4 aromatic rings. The van der Waals surface area contributed by atoms with E-state index >= 15 is 0 Å². The molecule has 0 aliphatic carbocycles. The number of imidazole rings is 1. The quantitative estimate of drug-likeness (QED) is 0.131. The molecule has 50 heavy (non-hydrogen) atoms. The summed E-state index contributed by atoms with van der Waals surface area (Å²) in [6.45, 7) is 7.66. The third kappa shape index (κ3) is 8.97. The van der Waals surface area contributed by atoms with E-state index in [0.29, 0.717) is 70.4 Å². The van der Waals surface area contributed by atoms with Crippen LogP contribution in [0.15, 0.2) is 59.9 Å². The number of halogens is 2. The van der Waals surface area contributed by atoms with Crippen molar-refractivity contribution in [2.75, 3.05) is 13.2 Å². The normalized spacial score (nSPS) is 14.7. The van der Waals surface area contributed by atoms with Crippen molar-refractivity contribution in [3.63, 3.8) is 0 Å². The zero-order valence-electron chi connectivity index (χ0n) is 28.7. The van der Waals surface area contributed by atoms with Gasteiger partial charge in [-0.3, -0.25) is 9.59 Å². The van der Waals surface area contributed by atoms with E-state index in [1.807, 2.05) is 12.1 Å². The number of carbonyl (C=O) groups excluding carboxylic acids is 2. The van der Waals surface area contributed by atoms with Crippen LogP contribution in [0.2, 0.25) is 5.02 Å². The van der Waals surface area contributed by atoms with Crippen LogP contribution in [0, 0.1) is 18.8 Å². The van der Waals surface area contributed by atoms with Crippen LogP contribution in [0.25, 0.3) is 11.1 Å². The van der Waals surface area contributed by atoms with E-state index in [1.165, 1.54) is 6.07 Å². The maximum absolute atomic E-state index is 14.2. The number of carboxylic acids is 1. The SMILES string of the molecule is Cc1nc(F)ccc1-c1cc(Cn2ccn(C)c2=NC(=O)OC(C)(C)C)cc2c1OCC(Cc1ccc(Cl)c(OCCCCC(=O)O)c1)C2=O. The number of unbranched alkanes of at least 4 members (excludes halogenated alkanes) is 1. The Morgan fingerprint density at radius 3 is 2.56 bits per heavy atom. The van der Waals surface area contributed by atoms with Gasteiger partial charge in [-0.25, -0.2) is 9.78 Å². The van der Waals surface area contributed by atoms with Gasteiger partial charge in [0.15, 0.2) is 5.78 Å². The first-order valence-electron chi connectivity index (χ1n) is 16.3. The van der Waals surface area contributed by atoms with E-state index in [4.69, 9.17) is 30.9 Å². The van der Waals surface area contributed by atoms with Crippen molar-refractivity contribution >= 4 is 29.4 Å². The van der Waals surface area contributed by atoms with Gasteiger partial charge in [-0.2, -0.15) is 4.39 Å². The molecule has 2 aromatic carbocycles. The Hall–Kier alpha value is -4.97. The molecule has 2 aromatic heterocycles. The molecular weight excluding hydrogens is 667 g/mol. The number of nitrogens with zero attached hydrogens (tertiary/aromatic N) is 4. The van der Waals surface area contributed by atoms with Gasteiger partial charge in [-0.15, -0.1) is 4.99 Å². The Kier molecular flexibility index (Phi) is 11.1. The van der Waals surface area contributed by atoms with Crippen molar-refractivity contribution in [2.24, 2.45) is 18.0 Å². The van der Waals surface area contributed by atoms with Crippen molar-refractivity contribution < 1.29 is 38.1 Å². The van der Waals surface area contributed by atoms with Crippen molar-refractivity contribution in [1.82, 2.24) is 14.1 Å². The van der Waals surface area contributed by atoms with Crippen LogP contribution in [-0.2, 0) is 29.5 Å². The minimum atomic E-state index is -0.855. The number of ketones is 1. The summed E-state index contributed by atoms with van der Waals surface area (Å²) in [5, 5.41) is 9.27. The minimum Gasteiger partial charge on any atom is -0.492 e. The molecule has 0 spiro atoms. The fourth-order valence-electron chi connectivity index (χ4n) is 5.74. The van der Waals surface area contributed by atoms with Crippen molar-refractivity contribution in [1.29, 1.82) is 0 Å². The number of hydrogen-bond acceptors (Lipinski definition) is 7. The number of pyridine rings is 1. The van der Waals surface area contributed by atoms with E-state index < -0.39 is 29.5 Å². The molecule has 1 N–H and O–H groups in total. The van der Waals surface area contributed by atoms with Crippen LogP contribution in [-0.4, -0.2) is 55.9 Å². The standard InChI is InChI=1S/C37H40ClFN4O7/c1-22-26(10-12-31(39)40-22)27-17-24(20-43-14-13-42(5)35(43)41-36(47)50-37(2,3)4)18-28-33(46)25(21-49-34(27)28)16-23-9-11-29(38)30(19-23)48-15-7-6-8-32(44)45/h9-14,17-19,25H,6-8,15-16,20-21H2,1-5H3,(H,44,45). The van der Waals surface area contributed by atoms with E-state index in [-0.39, 0.29) is 25.4 Å².